The fourth-order valence-corrected chi connectivity index (χ4v) is 2.84. The Morgan fingerprint density at radius 2 is 2.11 bits per heavy atom. The fraction of sp³-hybridized carbons (Fsp3) is 0.600. The van der Waals surface area contributed by atoms with E-state index >= 15 is 0 Å². The first-order valence-electron chi connectivity index (χ1n) is 6.89. The Morgan fingerprint density at radius 1 is 1.42 bits per heavy atom. The number of halogens is 1. The summed E-state index contributed by atoms with van der Waals surface area (Å²) in [4.78, 5) is 2.24. The molecule has 0 saturated heterocycles. The molecule has 0 bridgehead atoms. The van der Waals surface area contributed by atoms with Crippen LogP contribution in [0.4, 0.5) is 4.39 Å². The van der Waals surface area contributed by atoms with Crippen LogP contribution in [0.15, 0.2) is 24.3 Å². The monoisotopic (exact) mass is 266 g/mol. The van der Waals surface area contributed by atoms with Gasteiger partial charge in [-0.3, -0.25) is 4.90 Å². The highest BCUT2D eigenvalue weighted by Gasteiger charge is 2.33. The number of hydrogen-bond donors (Lipinski definition) is 2. The maximum absolute atomic E-state index is 13.1. The highest BCUT2D eigenvalue weighted by atomic mass is 19.1. The highest BCUT2D eigenvalue weighted by Crippen LogP contribution is 2.30. The van der Waals surface area contributed by atoms with Crippen molar-refractivity contribution >= 4 is 0 Å². The maximum atomic E-state index is 13.1. The van der Waals surface area contributed by atoms with Gasteiger partial charge < -0.3 is 10.8 Å². The SMILES string of the molecule is CN(Cc1cccc(F)c1)C1CCC(O)(CN)CC1. The zero-order valence-electron chi connectivity index (χ0n) is 11.5. The standard InChI is InChI=1S/C15H23FN2O/c1-18(10-12-3-2-4-13(16)9-12)14-5-7-15(19,11-17)8-6-14/h2-4,9,14,19H,5-8,10-11,17H2,1H3. The van der Waals surface area contributed by atoms with Gasteiger partial charge in [0.15, 0.2) is 0 Å². The minimum atomic E-state index is -0.670. The second-order valence-electron chi connectivity index (χ2n) is 5.70. The van der Waals surface area contributed by atoms with Crippen molar-refractivity contribution < 1.29 is 9.50 Å². The molecule has 2 rings (SSSR count). The lowest BCUT2D eigenvalue weighted by atomic mass is 9.82. The summed E-state index contributed by atoms with van der Waals surface area (Å²) < 4.78 is 13.1. The molecule has 0 unspecified atom stereocenters. The van der Waals surface area contributed by atoms with E-state index in [9.17, 15) is 9.50 Å². The van der Waals surface area contributed by atoms with Crippen molar-refractivity contribution in [3.8, 4) is 0 Å². The second kappa shape index (κ2) is 5.99. The van der Waals surface area contributed by atoms with Gasteiger partial charge in [-0.05, 0) is 50.4 Å². The van der Waals surface area contributed by atoms with Crippen LogP contribution in [0.2, 0.25) is 0 Å². The molecular formula is C15H23FN2O. The van der Waals surface area contributed by atoms with E-state index in [1.807, 2.05) is 6.07 Å². The largest absolute Gasteiger partial charge is 0.389 e. The molecule has 0 heterocycles. The molecule has 1 saturated carbocycles. The van der Waals surface area contributed by atoms with Crippen molar-refractivity contribution in [2.45, 2.75) is 43.9 Å². The molecule has 0 aromatic heterocycles. The Kier molecular flexibility index (Phi) is 4.55. The Bertz CT molecular complexity index is 416. The Morgan fingerprint density at radius 3 is 2.68 bits per heavy atom. The van der Waals surface area contributed by atoms with E-state index in [0.29, 0.717) is 12.6 Å². The molecule has 3 nitrogen and oxygen atoms in total. The normalized spacial score (nSPS) is 27.7. The lowest BCUT2D eigenvalue weighted by Gasteiger charge is -2.39. The molecular weight excluding hydrogens is 243 g/mol. The second-order valence-corrected chi connectivity index (χ2v) is 5.70. The topological polar surface area (TPSA) is 49.5 Å². The van der Waals surface area contributed by atoms with E-state index in [1.165, 1.54) is 6.07 Å². The summed E-state index contributed by atoms with van der Waals surface area (Å²) in [6.45, 7) is 1.08. The minimum absolute atomic E-state index is 0.188. The number of nitrogens with two attached hydrogens (primary N) is 1. The molecule has 0 radical (unpaired) electrons. The average molecular weight is 266 g/mol. The smallest absolute Gasteiger partial charge is 0.123 e. The first-order chi connectivity index (χ1) is 9.02. The van der Waals surface area contributed by atoms with Crippen molar-refractivity contribution in [2.24, 2.45) is 5.73 Å². The van der Waals surface area contributed by atoms with Gasteiger partial charge in [0.05, 0.1) is 5.60 Å². The van der Waals surface area contributed by atoms with Gasteiger partial charge in [-0.2, -0.15) is 0 Å². The van der Waals surface area contributed by atoms with Crippen LogP contribution in [-0.2, 0) is 6.54 Å². The molecule has 1 fully saturated rings. The Balaban J connectivity index is 1.89. The molecule has 1 aromatic rings. The average Bonchev–Trinajstić information content (AvgIpc) is 2.39. The van der Waals surface area contributed by atoms with Gasteiger partial charge in [-0.15, -0.1) is 0 Å². The Hall–Kier alpha value is -0.970. The van der Waals surface area contributed by atoms with Gasteiger partial charge >= 0.3 is 0 Å². The molecule has 4 heteroatoms. The molecule has 1 aliphatic rings. The summed E-state index contributed by atoms with van der Waals surface area (Å²) >= 11 is 0. The first kappa shape index (κ1) is 14.4. The van der Waals surface area contributed by atoms with Crippen LogP contribution in [0, 0.1) is 5.82 Å². The number of hydrogen-bond acceptors (Lipinski definition) is 3. The predicted octanol–water partition coefficient (Wildman–Crippen LogP) is 1.89. The lowest BCUT2D eigenvalue weighted by Crippen LogP contribution is -2.45. The summed E-state index contributed by atoms with van der Waals surface area (Å²) in [7, 11) is 2.06. The molecule has 0 spiro atoms. The molecule has 1 aliphatic carbocycles. The number of benzene rings is 1. The number of nitrogens with zero attached hydrogens (tertiary/aromatic N) is 1. The number of aliphatic hydroxyl groups is 1. The van der Waals surface area contributed by atoms with Gasteiger partial charge in [-0.25, -0.2) is 4.39 Å². The van der Waals surface area contributed by atoms with Crippen LogP contribution in [0.1, 0.15) is 31.2 Å². The van der Waals surface area contributed by atoms with Crippen molar-refractivity contribution in [3.05, 3.63) is 35.6 Å². The van der Waals surface area contributed by atoms with Gasteiger partial charge in [0.2, 0.25) is 0 Å². The van der Waals surface area contributed by atoms with Crippen molar-refractivity contribution in [3.63, 3.8) is 0 Å². The molecule has 106 valence electrons. The van der Waals surface area contributed by atoms with E-state index in [4.69, 9.17) is 5.73 Å². The molecule has 19 heavy (non-hydrogen) atoms. The van der Waals surface area contributed by atoms with E-state index in [0.717, 1.165) is 37.8 Å². The zero-order chi connectivity index (χ0) is 13.9. The van der Waals surface area contributed by atoms with Gasteiger partial charge in [-0.1, -0.05) is 12.1 Å². The first-order valence-corrected chi connectivity index (χ1v) is 6.89. The third-order valence-corrected chi connectivity index (χ3v) is 4.21. The van der Waals surface area contributed by atoms with E-state index in [-0.39, 0.29) is 5.82 Å². The molecule has 0 atom stereocenters. The number of rotatable bonds is 4. The van der Waals surface area contributed by atoms with Crippen molar-refractivity contribution in [1.29, 1.82) is 0 Å². The van der Waals surface area contributed by atoms with Crippen molar-refractivity contribution in [1.82, 2.24) is 4.90 Å². The van der Waals surface area contributed by atoms with Gasteiger partial charge in [0.25, 0.3) is 0 Å². The van der Waals surface area contributed by atoms with Gasteiger partial charge in [0, 0.05) is 19.1 Å². The third-order valence-electron chi connectivity index (χ3n) is 4.21. The van der Waals surface area contributed by atoms with Crippen molar-refractivity contribution in [2.75, 3.05) is 13.6 Å². The molecule has 3 N–H and O–H groups in total. The summed E-state index contributed by atoms with van der Waals surface area (Å²) in [5.41, 5.74) is 5.91. The fourth-order valence-electron chi connectivity index (χ4n) is 2.84. The van der Waals surface area contributed by atoms with E-state index in [1.54, 1.807) is 12.1 Å². The molecule has 1 aromatic carbocycles. The highest BCUT2D eigenvalue weighted by molar-refractivity contribution is 5.16. The maximum Gasteiger partial charge on any atom is 0.123 e. The van der Waals surface area contributed by atoms with Crippen LogP contribution in [-0.4, -0.2) is 35.2 Å². The zero-order valence-corrected chi connectivity index (χ0v) is 11.5. The molecule has 0 amide bonds. The Labute approximate surface area is 114 Å². The van der Waals surface area contributed by atoms with Crippen LogP contribution < -0.4 is 5.73 Å². The minimum Gasteiger partial charge on any atom is -0.389 e. The van der Waals surface area contributed by atoms with Crippen LogP contribution in [0.25, 0.3) is 0 Å². The van der Waals surface area contributed by atoms with Crippen LogP contribution >= 0.6 is 0 Å². The third kappa shape index (κ3) is 3.75. The summed E-state index contributed by atoms with van der Waals surface area (Å²) in [6, 6.07) is 7.17. The van der Waals surface area contributed by atoms with E-state index < -0.39 is 5.60 Å². The summed E-state index contributed by atoms with van der Waals surface area (Å²) in [6.07, 6.45) is 3.39. The van der Waals surface area contributed by atoms with Crippen LogP contribution in [0.5, 0.6) is 0 Å². The van der Waals surface area contributed by atoms with Gasteiger partial charge in [0.1, 0.15) is 5.82 Å². The van der Waals surface area contributed by atoms with E-state index in [2.05, 4.69) is 11.9 Å². The quantitative estimate of drug-likeness (QED) is 0.875. The summed E-state index contributed by atoms with van der Waals surface area (Å²) in [5.74, 6) is -0.188. The summed E-state index contributed by atoms with van der Waals surface area (Å²) in [5, 5.41) is 10.1. The van der Waals surface area contributed by atoms with Crippen LogP contribution in [0.3, 0.4) is 0 Å². The molecule has 0 aliphatic heterocycles. The lowest BCUT2D eigenvalue weighted by molar-refractivity contribution is -0.0104. The predicted molar refractivity (Wildman–Crippen MR) is 74.1 cm³/mol.